The monoisotopic (exact) mass is 328 g/mol. The van der Waals surface area contributed by atoms with E-state index in [1.807, 2.05) is 6.08 Å². The van der Waals surface area contributed by atoms with Crippen LogP contribution in [0.2, 0.25) is 0 Å². The number of aliphatic hydroxyl groups is 1. The lowest BCUT2D eigenvalue weighted by atomic mass is 9.51. The number of Topliss-reactive ketones (excluding diaryl/α,β-unsaturated/α-hetero) is 1. The zero-order valence-electron chi connectivity index (χ0n) is 15.0. The predicted molar refractivity (Wildman–Crippen MR) is 92.2 cm³/mol. The molecular weight excluding hydrogens is 300 g/mol. The fourth-order valence-corrected chi connectivity index (χ4v) is 6.57. The van der Waals surface area contributed by atoms with Crippen molar-refractivity contribution in [3.05, 3.63) is 23.3 Å². The Labute approximate surface area is 144 Å². The van der Waals surface area contributed by atoms with Crippen LogP contribution in [0.15, 0.2) is 23.3 Å². The second kappa shape index (κ2) is 5.14. The van der Waals surface area contributed by atoms with Crippen molar-refractivity contribution in [3.8, 4) is 0 Å². The molecule has 130 valence electrons. The molecular formula is C21H28O3. The van der Waals surface area contributed by atoms with Gasteiger partial charge >= 0.3 is 0 Å². The molecule has 0 unspecified atom stereocenters. The summed E-state index contributed by atoms with van der Waals surface area (Å²) in [5.41, 5.74) is 1.05. The lowest BCUT2D eigenvalue weighted by Crippen LogP contribution is -2.55. The van der Waals surface area contributed by atoms with Gasteiger partial charge in [0.1, 0.15) is 5.60 Å². The number of rotatable bonds is 1. The molecule has 0 aromatic heterocycles. The maximum atomic E-state index is 12.2. The van der Waals surface area contributed by atoms with Gasteiger partial charge in [-0.1, -0.05) is 18.6 Å². The SMILES string of the molecule is CC(=O)[C@]1(O)CC[C@@H]2[C@H]3C=C(C)C4=CC(=O)CC[C@H]4[C@@H]3CC[C@]21C. The zero-order chi connectivity index (χ0) is 17.3. The molecule has 2 fully saturated rings. The van der Waals surface area contributed by atoms with Crippen molar-refractivity contribution in [3.63, 3.8) is 0 Å². The molecule has 6 atom stereocenters. The highest BCUT2D eigenvalue weighted by molar-refractivity contribution is 5.92. The highest BCUT2D eigenvalue weighted by Crippen LogP contribution is 2.64. The third kappa shape index (κ3) is 1.94. The van der Waals surface area contributed by atoms with Crippen molar-refractivity contribution in [1.29, 1.82) is 0 Å². The summed E-state index contributed by atoms with van der Waals surface area (Å²) in [6, 6.07) is 0. The van der Waals surface area contributed by atoms with E-state index in [1.54, 1.807) is 6.92 Å². The third-order valence-electron chi connectivity index (χ3n) is 7.95. The first kappa shape index (κ1) is 16.3. The highest BCUT2D eigenvalue weighted by Gasteiger charge is 2.63. The van der Waals surface area contributed by atoms with Gasteiger partial charge in [0.15, 0.2) is 11.6 Å². The maximum Gasteiger partial charge on any atom is 0.161 e. The molecule has 0 saturated heterocycles. The van der Waals surface area contributed by atoms with E-state index in [1.165, 1.54) is 11.1 Å². The Morgan fingerprint density at radius 1 is 1.25 bits per heavy atom. The molecule has 0 amide bonds. The molecule has 0 aromatic rings. The van der Waals surface area contributed by atoms with Gasteiger partial charge in [-0.05, 0) is 81.3 Å². The lowest BCUT2D eigenvalue weighted by Gasteiger charge is -2.54. The summed E-state index contributed by atoms with van der Waals surface area (Å²) in [5.74, 6) is 2.08. The Morgan fingerprint density at radius 2 is 2.00 bits per heavy atom. The van der Waals surface area contributed by atoms with Crippen LogP contribution < -0.4 is 0 Å². The van der Waals surface area contributed by atoms with Crippen molar-refractivity contribution in [1.82, 2.24) is 0 Å². The first-order valence-electron chi connectivity index (χ1n) is 9.44. The third-order valence-corrected chi connectivity index (χ3v) is 7.95. The van der Waals surface area contributed by atoms with Gasteiger partial charge in [0.25, 0.3) is 0 Å². The van der Waals surface area contributed by atoms with Crippen LogP contribution in [0.4, 0.5) is 0 Å². The highest BCUT2D eigenvalue weighted by atomic mass is 16.3. The van der Waals surface area contributed by atoms with Gasteiger partial charge in [-0.3, -0.25) is 9.59 Å². The predicted octanol–water partition coefficient (Wildman–Crippen LogP) is 3.61. The number of ketones is 2. The summed E-state index contributed by atoms with van der Waals surface area (Å²) >= 11 is 0. The molecule has 0 heterocycles. The molecule has 0 aromatic carbocycles. The van der Waals surface area contributed by atoms with Crippen molar-refractivity contribution >= 4 is 11.6 Å². The minimum absolute atomic E-state index is 0.0636. The second-order valence-electron chi connectivity index (χ2n) is 8.82. The van der Waals surface area contributed by atoms with E-state index in [0.29, 0.717) is 36.5 Å². The molecule has 4 aliphatic carbocycles. The first-order valence-corrected chi connectivity index (χ1v) is 9.44. The van der Waals surface area contributed by atoms with E-state index in [9.17, 15) is 14.7 Å². The minimum Gasteiger partial charge on any atom is -0.382 e. The molecule has 3 heteroatoms. The smallest absolute Gasteiger partial charge is 0.161 e. The zero-order valence-corrected chi connectivity index (χ0v) is 15.0. The van der Waals surface area contributed by atoms with E-state index in [0.717, 1.165) is 25.7 Å². The van der Waals surface area contributed by atoms with Crippen LogP contribution in [0.5, 0.6) is 0 Å². The summed E-state index contributed by atoms with van der Waals surface area (Å²) in [7, 11) is 0. The maximum absolute atomic E-state index is 12.2. The van der Waals surface area contributed by atoms with Gasteiger partial charge in [-0.2, -0.15) is 0 Å². The molecule has 0 radical (unpaired) electrons. The van der Waals surface area contributed by atoms with Crippen molar-refractivity contribution in [2.45, 2.75) is 64.9 Å². The minimum atomic E-state index is -1.15. The topological polar surface area (TPSA) is 54.4 Å². The molecule has 1 N–H and O–H groups in total. The average molecular weight is 328 g/mol. The van der Waals surface area contributed by atoms with Crippen LogP contribution >= 0.6 is 0 Å². The van der Waals surface area contributed by atoms with Crippen LogP contribution in [0.1, 0.15) is 59.3 Å². The summed E-state index contributed by atoms with van der Waals surface area (Å²) < 4.78 is 0. The van der Waals surface area contributed by atoms with Gasteiger partial charge in [0.2, 0.25) is 0 Å². The summed E-state index contributed by atoms with van der Waals surface area (Å²) in [4.78, 5) is 24.0. The Kier molecular flexibility index (Phi) is 3.48. The number of hydrogen-bond donors (Lipinski definition) is 1. The van der Waals surface area contributed by atoms with Crippen LogP contribution in [0.25, 0.3) is 0 Å². The van der Waals surface area contributed by atoms with Crippen molar-refractivity contribution in [2.75, 3.05) is 0 Å². The molecule has 0 aliphatic heterocycles. The largest absolute Gasteiger partial charge is 0.382 e. The van der Waals surface area contributed by atoms with Gasteiger partial charge in [-0.15, -0.1) is 0 Å². The van der Waals surface area contributed by atoms with E-state index >= 15 is 0 Å². The van der Waals surface area contributed by atoms with Crippen LogP contribution in [0.3, 0.4) is 0 Å². The fourth-order valence-electron chi connectivity index (χ4n) is 6.57. The number of hydrogen-bond acceptors (Lipinski definition) is 3. The molecule has 4 rings (SSSR count). The molecule has 2 saturated carbocycles. The Hall–Kier alpha value is -1.22. The van der Waals surface area contributed by atoms with Gasteiger partial charge < -0.3 is 5.11 Å². The normalized spacial score (nSPS) is 47.2. The van der Waals surface area contributed by atoms with Gasteiger partial charge in [0, 0.05) is 11.8 Å². The van der Waals surface area contributed by atoms with E-state index in [4.69, 9.17) is 0 Å². The number of fused-ring (bicyclic) bond motifs is 5. The summed E-state index contributed by atoms with van der Waals surface area (Å²) in [5, 5.41) is 11.1. The Bertz CT molecular complexity index is 673. The average Bonchev–Trinajstić information content (AvgIpc) is 2.81. The van der Waals surface area contributed by atoms with Crippen LogP contribution in [-0.4, -0.2) is 22.3 Å². The van der Waals surface area contributed by atoms with E-state index in [2.05, 4.69) is 19.9 Å². The number of carbonyl (C=O) groups is 2. The lowest BCUT2D eigenvalue weighted by molar-refractivity contribution is -0.155. The van der Waals surface area contributed by atoms with E-state index in [-0.39, 0.29) is 17.0 Å². The molecule has 24 heavy (non-hydrogen) atoms. The van der Waals surface area contributed by atoms with Crippen LogP contribution in [-0.2, 0) is 9.59 Å². The van der Waals surface area contributed by atoms with Crippen molar-refractivity contribution in [2.24, 2.45) is 29.1 Å². The Morgan fingerprint density at radius 3 is 2.71 bits per heavy atom. The molecule has 4 aliphatic rings. The van der Waals surface area contributed by atoms with Crippen LogP contribution in [0, 0.1) is 29.1 Å². The standard InChI is InChI=1S/C21H28O3/c1-12-10-18-16(15-5-4-14(23)11-17(12)15)6-8-20(3)19(18)7-9-21(20,24)13(2)22/h10-11,15-16,18-19,24H,4-9H2,1-3H3/t15-,16-,18-,19+,20+,21+/m0/s1. The van der Waals surface area contributed by atoms with Gasteiger partial charge in [0.05, 0.1) is 0 Å². The van der Waals surface area contributed by atoms with Crippen molar-refractivity contribution < 1.29 is 14.7 Å². The summed E-state index contributed by atoms with van der Waals surface area (Å²) in [6.45, 7) is 5.82. The second-order valence-corrected chi connectivity index (χ2v) is 8.82. The first-order chi connectivity index (χ1) is 11.3. The fraction of sp³-hybridized carbons (Fsp3) is 0.714. The Balaban J connectivity index is 1.75. The van der Waals surface area contributed by atoms with Gasteiger partial charge in [-0.25, -0.2) is 0 Å². The quantitative estimate of drug-likeness (QED) is 0.800. The van der Waals surface area contributed by atoms with E-state index < -0.39 is 5.60 Å². The number of allylic oxidation sites excluding steroid dienone is 4. The molecule has 3 nitrogen and oxygen atoms in total. The number of carbonyl (C=O) groups excluding carboxylic acids is 2. The molecule has 0 bridgehead atoms. The molecule has 0 spiro atoms. The summed E-state index contributed by atoms with van der Waals surface area (Å²) in [6.07, 6.45) is 9.38.